The largest absolute Gasteiger partial charge is 0.374 e. The fourth-order valence-corrected chi connectivity index (χ4v) is 3.36. The van der Waals surface area contributed by atoms with Crippen LogP contribution in [0.25, 0.3) is 0 Å². The summed E-state index contributed by atoms with van der Waals surface area (Å²) in [6.07, 6.45) is 1.82. The van der Waals surface area contributed by atoms with Crippen molar-refractivity contribution in [2.75, 3.05) is 13.2 Å². The van der Waals surface area contributed by atoms with Crippen molar-refractivity contribution in [1.29, 1.82) is 0 Å². The number of hydrogen-bond acceptors (Lipinski definition) is 4. The molecule has 6 nitrogen and oxygen atoms in total. The lowest BCUT2D eigenvalue weighted by atomic mass is 9.97. The summed E-state index contributed by atoms with van der Waals surface area (Å²) >= 11 is 0. The van der Waals surface area contributed by atoms with Gasteiger partial charge in [0, 0.05) is 6.54 Å². The van der Waals surface area contributed by atoms with E-state index in [-0.39, 0.29) is 31.0 Å². The van der Waals surface area contributed by atoms with Crippen molar-refractivity contribution < 1.29 is 14.3 Å². The van der Waals surface area contributed by atoms with Gasteiger partial charge in [-0.15, -0.1) is 0 Å². The number of ketones is 1. The molecule has 0 unspecified atom stereocenters. The monoisotopic (exact) mass is 381 g/mol. The summed E-state index contributed by atoms with van der Waals surface area (Å²) in [6, 6.07) is 17.4. The highest BCUT2D eigenvalue weighted by molar-refractivity contribution is 5.87. The summed E-state index contributed by atoms with van der Waals surface area (Å²) in [5, 5.41) is 5.71. The predicted octanol–water partition coefficient (Wildman–Crippen LogP) is 2.48. The van der Waals surface area contributed by atoms with E-state index in [4.69, 9.17) is 10.5 Å². The highest BCUT2D eigenvalue weighted by atomic mass is 16.5. The Kier molecular flexibility index (Phi) is 6.44. The molecule has 0 aliphatic heterocycles. The van der Waals surface area contributed by atoms with Crippen molar-refractivity contribution in [3.05, 3.63) is 71.3 Å². The van der Waals surface area contributed by atoms with Crippen LogP contribution in [-0.2, 0) is 22.6 Å². The van der Waals surface area contributed by atoms with E-state index < -0.39 is 5.54 Å². The SMILES string of the molecule is CC(=O)[C@@](N)(CNC(=O)N[C@@H]1CCc2ccccc21)COCc1ccccc1. The molecule has 0 saturated heterocycles. The summed E-state index contributed by atoms with van der Waals surface area (Å²) < 4.78 is 5.64. The van der Waals surface area contributed by atoms with Gasteiger partial charge in [0.1, 0.15) is 5.54 Å². The molecule has 0 saturated carbocycles. The summed E-state index contributed by atoms with van der Waals surface area (Å²) in [7, 11) is 0. The predicted molar refractivity (Wildman–Crippen MR) is 108 cm³/mol. The van der Waals surface area contributed by atoms with Gasteiger partial charge in [-0.3, -0.25) is 4.79 Å². The number of aryl methyl sites for hydroxylation is 1. The highest BCUT2D eigenvalue weighted by Gasteiger charge is 2.32. The lowest BCUT2D eigenvalue weighted by molar-refractivity contribution is -0.124. The molecular weight excluding hydrogens is 354 g/mol. The Bertz CT molecular complexity index is 825. The number of benzene rings is 2. The molecule has 0 spiro atoms. The fourth-order valence-electron chi connectivity index (χ4n) is 3.36. The third kappa shape index (κ3) is 4.97. The third-order valence-corrected chi connectivity index (χ3v) is 5.17. The van der Waals surface area contributed by atoms with E-state index in [1.54, 1.807) is 0 Å². The van der Waals surface area contributed by atoms with Gasteiger partial charge in [0.15, 0.2) is 5.78 Å². The van der Waals surface area contributed by atoms with Crippen LogP contribution in [0, 0.1) is 0 Å². The zero-order chi connectivity index (χ0) is 20.0. The minimum absolute atomic E-state index is 0.0112. The smallest absolute Gasteiger partial charge is 0.315 e. The zero-order valence-corrected chi connectivity index (χ0v) is 16.1. The molecule has 2 aromatic rings. The Morgan fingerprint density at radius 1 is 1.14 bits per heavy atom. The van der Waals surface area contributed by atoms with E-state index in [0.29, 0.717) is 6.61 Å². The molecule has 1 aliphatic carbocycles. The average Bonchev–Trinajstić information content (AvgIpc) is 3.10. The Morgan fingerprint density at radius 2 is 1.86 bits per heavy atom. The van der Waals surface area contributed by atoms with Crippen LogP contribution in [0.4, 0.5) is 4.79 Å². The van der Waals surface area contributed by atoms with Crippen molar-refractivity contribution in [2.24, 2.45) is 5.73 Å². The second kappa shape index (κ2) is 8.99. The van der Waals surface area contributed by atoms with Gasteiger partial charge in [0.2, 0.25) is 0 Å². The topological polar surface area (TPSA) is 93.5 Å². The first-order valence-electron chi connectivity index (χ1n) is 9.52. The maximum absolute atomic E-state index is 12.3. The fraction of sp³-hybridized carbons (Fsp3) is 0.364. The summed E-state index contributed by atoms with van der Waals surface area (Å²) in [4.78, 5) is 24.4. The van der Waals surface area contributed by atoms with E-state index in [9.17, 15) is 9.59 Å². The number of ether oxygens (including phenoxy) is 1. The number of hydrogen-bond donors (Lipinski definition) is 3. The van der Waals surface area contributed by atoms with Crippen molar-refractivity contribution in [3.8, 4) is 0 Å². The molecule has 4 N–H and O–H groups in total. The van der Waals surface area contributed by atoms with E-state index in [0.717, 1.165) is 24.0 Å². The van der Waals surface area contributed by atoms with Crippen LogP contribution in [0.5, 0.6) is 0 Å². The zero-order valence-electron chi connectivity index (χ0n) is 16.1. The van der Waals surface area contributed by atoms with Crippen LogP contribution in [0.3, 0.4) is 0 Å². The number of Topliss-reactive ketones (excluding diaryl/α,β-unsaturated/α-hetero) is 1. The van der Waals surface area contributed by atoms with Gasteiger partial charge in [0.25, 0.3) is 0 Å². The summed E-state index contributed by atoms with van der Waals surface area (Å²) in [5.41, 5.74) is 8.37. The van der Waals surface area contributed by atoms with Gasteiger partial charge in [-0.1, -0.05) is 54.6 Å². The lowest BCUT2D eigenvalue weighted by Crippen LogP contribution is -2.59. The Morgan fingerprint density at radius 3 is 2.61 bits per heavy atom. The molecule has 2 aromatic carbocycles. The van der Waals surface area contributed by atoms with Gasteiger partial charge in [-0.05, 0) is 36.5 Å². The van der Waals surface area contributed by atoms with Gasteiger partial charge in [0.05, 0.1) is 19.3 Å². The van der Waals surface area contributed by atoms with Crippen LogP contribution < -0.4 is 16.4 Å². The van der Waals surface area contributed by atoms with Crippen LogP contribution in [0.15, 0.2) is 54.6 Å². The highest BCUT2D eigenvalue weighted by Crippen LogP contribution is 2.30. The molecule has 2 amide bonds. The van der Waals surface area contributed by atoms with E-state index in [2.05, 4.69) is 16.7 Å². The number of amides is 2. The van der Waals surface area contributed by atoms with Gasteiger partial charge < -0.3 is 21.1 Å². The number of carbonyl (C=O) groups excluding carboxylic acids is 2. The maximum Gasteiger partial charge on any atom is 0.315 e. The molecule has 0 radical (unpaired) electrons. The van der Waals surface area contributed by atoms with Crippen LogP contribution in [-0.4, -0.2) is 30.5 Å². The second-order valence-corrected chi connectivity index (χ2v) is 7.31. The number of rotatable bonds is 8. The molecular formula is C22H27N3O3. The summed E-state index contributed by atoms with van der Waals surface area (Å²) in [6.45, 7) is 1.82. The van der Waals surface area contributed by atoms with Crippen molar-refractivity contribution in [2.45, 2.75) is 38.0 Å². The number of nitrogens with two attached hydrogens (primary N) is 1. The van der Waals surface area contributed by atoms with Crippen molar-refractivity contribution >= 4 is 11.8 Å². The van der Waals surface area contributed by atoms with Gasteiger partial charge in [-0.25, -0.2) is 4.79 Å². The molecule has 0 bridgehead atoms. The minimum Gasteiger partial charge on any atom is -0.374 e. The number of urea groups is 1. The number of fused-ring (bicyclic) bond motifs is 1. The summed E-state index contributed by atoms with van der Waals surface area (Å²) in [5.74, 6) is -0.230. The van der Waals surface area contributed by atoms with Crippen molar-refractivity contribution in [3.63, 3.8) is 0 Å². The molecule has 0 aromatic heterocycles. The third-order valence-electron chi connectivity index (χ3n) is 5.17. The Balaban J connectivity index is 1.50. The Hall–Kier alpha value is -2.70. The lowest BCUT2D eigenvalue weighted by Gasteiger charge is -2.27. The normalized spacial score (nSPS) is 17.4. The average molecular weight is 381 g/mol. The first-order chi connectivity index (χ1) is 13.5. The molecule has 2 atom stereocenters. The second-order valence-electron chi connectivity index (χ2n) is 7.31. The van der Waals surface area contributed by atoms with E-state index >= 15 is 0 Å². The van der Waals surface area contributed by atoms with E-state index in [1.165, 1.54) is 12.5 Å². The first kappa shape index (κ1) is 20.0. The minimum atomic E-state index is -1.26. The maximum atomic E-state index is 12.3. The van der Waals surface area contributed by atoms with Crippen LogP contribution in [0.2, 0.25) is 0 Å². The van der Waals surface area contributed by atoms with Crippen molar-refractivity contribution in [1.82, 2.24) is 10.6 Å². The Labute approximate surface area is 165 Å². The molecule has 148 valence electrons. The number of nitrogens with one attached hydrogen (secondary N) is 2. The van der Waals surface area contributed by atoms with Gasteiger partial charge in [-0.2, -0.15) is 0 Å². The van der Waals surface area contributed by atoms with Gasteiger partial charge >= 0.3 is 6.03 Å². The number of carbonyl (C=O) groups is 2. The molecule has 28 heavy (non-hydrogen) atoms. The van der Waals surface area contributed by atoms with E-state index in [1.807, 2.05) is 48.5 Å². The molecule has 1 aliphatic rings. The molecule has 0 fully saturated rings. The molecule has 0 heterocycles. The molecule has 3 rings (SSSR count). The van der Waals surface area contributed by atoms with Crippen LogP contribution >= 0.6 is 0 Å². The molecule has 6 heteroatoms. The van der Waals surface area contributed by atoms with Crippen LogP contribution in [0.1, 0.15) is 36.1 Å². The first-order valence-corrected chi connectivity index (χ1v) is 9.52. The quantitative estimate of drug-likeness (QED) is 0.655. The standard InChI is InChI=1S/C22H27N3O3/c1-16(26)22(23,15-28-13-17-7-3-2-4-8-17)14-24-21(27)25-20-12-11-18-9-5-6-10-19(18)20/h2-10,20H,11-15,23H2,1H3,(H2,24,25,27)/t20-,22-/m1/s1.